The maximum Gasteiger partial charge on any atom is 0.229 e. The Morgan fingerprint density at radius 3 is 2.38 bits per heavy atom. The molecule has 1 aromatic rings. The number of carbonyl (C=O) groups is 1. The van der Waals surface area contributed by atoms with Gasteiger partial charge in [0.1, 0.15) is 0 Å². The zero-order valence-corrected chi connectivity index (χ0v) is 10.2. The number of carbonyl (C=O) groups excluding carboxylic acids is 1. The van der Waals surface area contributed by atoms with Crippen LogP contribution in [0.15, 0.2) is 24.3 Å². The summed E-state index contributed by atoms with van der Waals surface area (Å²) in [4.78, 5) is 12.6. The fourth-order valence-corrected chi connectivity index (χ4v) is 1.79. The van der Waals surface area contributed by atoms with Gasteiger partial charge in [0.15, 0.2) is 0 Å². The topological polar surface area (TPSA) is 66.5 Å². The molecule has 0 spiro atoms. The molecule has 1 amide bonds. The van der Waals surface area contributed by atoms with E-state index >= 15 is 0 Å². The number of rotatable bonds is 3. The molecule has 5 nitrogen and oxygen atoms in total. The summed E-state index contributed by atoms with van der Waals surface area (Å²) < 4.78 is 24.6. The van der Waals surface area contributed by atoms with Gasteiger partial charge in [-0.1, -0.05) is 12.1 Å². The number of sulfonamides is 1. The number of benzene rings is 1. The van der Waals surface area contributed by atoms with E-state index in [0.717, 1.165) is 6.26 Å². The van der Waals surface area contributed by atoms with Crippen LogP contribution in [0.2, 0.25) is 0 Å². The van der Waals surface area contributed by atoms with Crippen molar-refractivity contribution in [2.24, 2.45) is 0 Å². The molecule has 0 aliphatic heterocycles. The molecule has 88 valence electrons. The average Bonchev–Trinajstić information content (AvgIpc) is 2.15. The van der Waals surface area contributed by atoms with Crippen molar-refractivity contribution in [3.8, 4) is 0 Å². The first-order valence-corrected chi connectivity index (χ1v) is 6.51. The summed E-state index contributed by atoms with van der Waals surface area (Å²) in [7, 11) is -1.76. The highest BCUT2D eigenvalue weighted by Gasteiger charge is 2.12. The Labute approximate surface area is 95.1 Å². The van der Waals surface area contributed by atoms with Crippen molar-refractivity contribution < 1.29 is 13.2 Å². The minimum atomic E-state index is -3.35. The summed E-state index contributed by atoms with van der Waals surface area (Å²) in [6.45, 7) is 1.41. The lowest BCUT2D eigenvalue weighted by atomic mass is 10.2. The van der Waals surface area contributed by atoms with Crippen molar-refractivity contribution in [3.05, 3.63) is 24.3 Å². The number of nitrogens with one attached hydrogen (secondary N) is 1. The summed E-state index contributed by atoms with van der Waals surface area (Å²) in [6, 6.07) is 6.72. The first kappa shape index (κ1) is 12.5. The minimum absolute atomic E-state index is 0.164. The number of hydrogen-bond donors (Lipinski definition) is 1. The predicted octanol–water partition coefficient (Wildman–Crippen LogP) is 1.04. The van der Waals surface area contributed by atoms with Crippen molar-refractivity contribution in [2.75, 3.05) is 22.9 Å². The third-order valence-electron chi connectivity index (χ3n) is 2.03. The van der Waals surface area contributed by atoms with Crippen LogP contribution >= 0.6 is 0 Å². The lowest BCUT2D eigenvalue weighted by molar-refractivity contribution is -0.116. The Balaban J connectivity index is 3.15. The highest BCUT2D eigenvalue weighted by Crippen LogP contribution is 2.25. The molecule has 0 saturated carbocycles. The van der Waals surface area contributed by atoms with E-state index in [9.17, 15) is 13.2 Å². The van der Waals surface area contributed by atoms with Gasteiger partial charge in [-0.15, -0.1) is 0 Å². The summed E-state index contributed by atoms with van der Waals surface area (Å²) in [5.41, 5.74) is 0.920. The van der Waals surface area contributed by atoms with E-state index < -0.39 is 10.0 Å². The smallest absolute Gasteiger partial charge is 0.229 e. The molecule has 0 fully saturated rings. The minimum Gasteiger partial charge on any atom is -0.314 e. The molecule has 0 bridgehead atoms. The van der Waals surface area contributed by atoms with Gasteiger partial charge in [0.25, 0.3) is 0 Å². The van der Waals surface area contributed by atoms with Gasteiger partial charge >= 0.3 is 0 Å². The largest absolute Gasteiger partial charge is 0.314 e. The maximum absolute atomic E-state index is 11.2. The van der Waals surface area contributed by atoms with E-state index in [2.05, 4.69) is 4.72 Å². The van der Waals surface area contributed by atoms with Crippen molar-refractivity contribution in [1.29, 1.82) is 0 Å². The van der Waals surface area contributed by atoms with E-state index in [4.69, 9.17) is 0 Å². The molecule has 0 unspecified atom stereocenters. The second-order valence-electron chi connectivity index (χ2n) is 3.47. The summed E-state index contributed by atoms with van der Waals surface area (Å²) in [6.07, 6.45) is 1.07. The fourth-order valence-electron chi connectivity index (χ4n) is 1.22. The molecule has 1 aromatic carbocycles. The SMILES string of the molecule is CC(=O)N(C)c1ccccc1NS(C)(=O)=O. The third kappa shape index (κ3) is 3.23. The van der Waals surface area contributed by atoms with Gasteiger partial charge in [0.05, 0.1) is 17.6 Å². The quantitative estimate of drug-likeness (QED) is 0.861. The zero-order chi connectivity index (χ0) is 12.3. The monoisotopic (exact) mass is 242 g/mol. The van der Waals surface area contributed by atoms with Gasteiger partial charge in [-0.2, -0.15) is 0 Å². The maximum atomic E-state index is 11.2. The van der Waals surface area contributed by atoms with Gasteiger partial charge in [-0.25, -0.2) is 8.42 Å². The lowest BCUT2D eigenvalue weighted by Crippen LogP contribution is -2.24. The van der Waals surface area contributed by atoms with Crippen molar-refractivity contribution in [3.63, 3.8) is 0 Å². The standard InChI is InChI=1S/C10H14N2O3S/c1-8(13)12(2)10-7-5-4-6-9(10)11-16(3,14)15/h4-7,11H,1-3H3. The molecule has 0 saturated heterocycles. The molecular weight excluding hydrogens is 228 g/mol. The van der Waals surface area contributed by atoms with E-state index in [0.29, 0.717) is 11.4 Å². The number of hydrogen-bond acceptors (Lipinski definition) is 3. The molecule has 0 aromatic heterocycles. The van der Waals surface area contributed by atoms with Crippen LogP contribution in [0.5, 0.6) is 0 Å². The molecule has 16 heavy (non-hydrogen) atoms. The molecule has 1 rings (SSSR count). The van der Waals surface area contributed by atoms with Crippen LogP contribution in [0.3, 0.4) is 0 Å². The number of anilines is 2. The second-order valence-corrected chi connectivity index (χ2v) is 5.22. The molecular formula is C10H14N2O3S. The molecule has 0 atom stereocenters. The highest BCUT2D eigenvalue weighted by molar-refractivity contribution is 7.92. The Morgan fingerprint density at radius 1 is 1.31 bits per heavy atom. The van der Waals surface area contributed by atoms with Gasteiger partial charge in [-0.3, -0.25) is 9.52 Å². The van der Waals surface area contributed by atoms with Crippen LogP contribution in [0, 0.1) is 0 Å². The Morgan fingerprint density at radius 2 is 1.88 bits per heavy atom. The third-order valence-corrected chi connectivity index (χ3v) is 2.62. The van der Waals surface area contributed by atoms with Crippen LogP contribution in [-0.2, 0) is 14.8 Å². The molecule has 0 aliphatic rings. The van der Waals surface area contributed by atoms with E-state index in [1.165, 1.54) is 11.8 Å². The Hall–Kier alpha value is -1.56. The van der Waals surface area contributed by atoms with Crippen molar-refractivity contribution in [2.45, 2.75) is 6.92 Å². The first-order valence-electron chi connectivity index (χ1n) is 4.62. The molecule has 0 aliphatic carbocycles. The molecule has 6 heteroatoms. The van der Waals surface area contributed by atoms with Crippen molar-refractivity contribution >= 4 is 27.3 Å². The zero-order valence-electron chi connectivity index (χ0n) is 9.39. The lowest BCUT2D eigenvalue weighted by Gasteiger charge is -2.19. The van der Waals surface area contributed by atoms with Crippen molar-refractivity contribution in [1.82, 2.24) is 0 Å². The van der Waals surface area contributed by atoms with Gasteiger partial charge in [0, 0.05) is 14.0 Å². The Kier molecular flexibility index (Phi) is 3.54. The van der Waals surface area contributed by atoms with Gasteiger partial charge in [0.2, 0.25) is 15.9 Å². The number of para-hydroxylation sites is 2. The van der Waals surface area contributed by atoms with Crippen LogP contribution < -0.4 is 9.62 Å². The van der Waals surface area contributed by atoms with Crippen LogP contribution in [0.1, 0.15) is 6.92 Å². The van der Waals surface area contributed by atoms with Crippen LogP contribution in [-0.4, -0.2) is 27.6 Å². The van der Waals surface area contributed by atoms with Crippen LogP contribution in [0.25, 0.3) is 0 Å². The van der Waals surface area contributed by atoms with E-state index in [1.54, 1.807) is 31.3 Å². The molecule has 1 N–H and O–H groups in total. The summed E-state index contributed by atoms with van der Waals surface area (Å²) in [5.74, 6) is -0.164. The van der Waals surface area contributed by atoms with Gasteiger partial charge in [-0.05, 0) is 12.1 Å². The molecule has 0 heterocycles. The number of amides is 1. The second kappa shape index (κ2) is 4.52. The van der Waals surface area contributed by atoms with Gasteiger partial charge < -0.3 is 4.90 Å². The van der Waals surface area contributed by atoms with Crippen LogP contribution in [0.4, 0.5) is 11.4 Å². The summed E-state index contributed by atoms with van der Waals surface area (Å²) >= 11 is 0. The molecule has 0 radical (unpaired) electrons. The highest BCUT2D eigenvalue weighted by atomic mass is 32.2. The first-order chi connectivity index (χ1) is 7.31. The predicted molar refractivity (Wildman–Crippen MR) is 64.0 cm³/mol. The average molecular weight is 242 g/mol. The normalized spacial score (nSPS) is 10.9. The van der Waals surface area contributed by atoms with E-state index in [-0.39, 0.29) is 5.91 Å². The van der Waals surface area contributed by atoms with E-state index in [1.807, 2.05) is 0 Å². The summed E-state index contributed by atoms with van der Waals surface area (Å²) in [5, 5.41) is 0. The Bertz CT molecular complexity index is 497. The number of nitrogens with zero attached hydrogens (tertiary/aromatic N) is 1. The fraction of sp³-hybridized carbons (Fsp3) is 0.300.